The van der Waals surface area contributed by atoms with Gasteiger partial charge in [0.1, 0.15) is 5.75 Å². The zero-order chi connectivity index (χ0) is 14.2. The van der Waals surface area contributed by atoms with Crippen LogP contribution >= 0.6 is 15.9 Å². The maximum atomic E-state index is 14.2. The highest BCUT2D eigenvalue weighted by Crippen LogP contribution is 2.43. The molecule has 1 aromatic rings. The van der Waals surface area contributed by atoms with Crippen molar-refractivity contribution in [2.45, 2.75) is 12.5 Å². The molecule has 2 rings (SSSR count). The third kappa shape index (κ3) is 2.61. The lowest BCUT2D eigenvalue weighted by atomic mass is 9.98. The van der Waals surface area contributed by atoms with Crippen molar-refractivity contribution in [1.82, 2.24) is 4.90 Å². The first-order chi connectivity index (χ1) is 8.99. The first-order valence-electron chi connectivity index (χ1n) is 6.11. The quantitative estimate of drug-likeness (QED) is 0.864. The minimum absolute atomic E-state index is 0.213. The molecule has 0 amide bonds. The van der Waals surface area contributed by atoms with Gasteiger partial charge in [0.2, 0.25) is 0 Å². The summed E-state index contributed by atoms with van der Waals surface area (Å²) >= 11 is 3.22. The summed E-state index contributed by atoms with van der Waals surface area (Å²) in [5.41, 5.74) is 5.94. The Bertz CT molecular complexity index is 484. The Kier molecular flexibility index (Phi) is 4.43. The molecule has 1 saturated heterocycles. The molecule has 3 nitrogen and oxygen atoms in total. The second kappa shape index (κ2) is 5.73. The number of halogens is 3. The van der Waals surface area contributed by atoms with Gasteiger partial charge in [-0.15, -0.1) is 0 Å². The number of rotatable bonds is 3. The van der Waals surface area contributed by atoms with E-state index in [4.69, 9.17) is 10.5 Å². The molecule has 0 aromatic heterocycles. The van der Waals surface area contributed by atoms with Crippen LogP contribution in [0.5, 0.6) is 5.75 Å². The first-order valence-corrected chi connectivity index (χ1v) is 6.90. The Balaban J connectivity index is 2.49. The van der Waals surface area contributed by atoms with Gasteiger partial charge in [0, 0.05) is 12.6 Å². The van der Waals surface area contributed by atoms with Crippen molar-refractivity contribution in [3.63, 3.8) is 0 Å². The van der Waals surface area contributed by atoms with Crippen molar-refractivity contribution in [1.29, 1.82) is 0 Å². The van der Waals surface area contributed by atoms with E-state index in [1.165, 1.54) is 7.11 Å². The fourth-order valence-electron chi connectivity index (χ4n) is 2.72. The topological polar surface area (TPSA) is 38.5 Å². The van der Waals surface area contributed by atoms with Gasteiger partial charge in [0.25, 0.3) is 0 Å². The Morgan fingerprint density at radius 2 is 2.21 bits per heavy atom. The lowest BCUT2D eigenvalue weighted by Crippen LogP contribution is -2.21. The highest BCUT2D eigenvalue weighted by atomic mass is 79.9. The van der Waals surface area contributed by atoms with E-state index in [1.807, 2.05) is 11.9 Å². The summed E-state index contributed by atoms with van der Waals surface area (Å²) in [4.78, 5) is 1.99. The van der Waals surface area contributed by atoms with Gasteiger partial charge in [0.05, 0.1) is 17.1 Å². The molecule has 0 bridgehead atoms. The minimum Gasteiger partial charge on any atom is -0.495 e. The molecule has 1 fully saturated rings. The molecule has 6 heteroatoms. The molecule has 0 aliphatic carbocycles. The Morgan fingerprint density at radius 1 is 1.53 bits per heavy atom. The number of ether oxygens (including phenoxy) is 1. The fraction of sp³-hybridized carbons (Fsp3) is 0.538. The largest absolute Gasteiger partial charge is 0.495 e. The summed E-state index contributed by atoms with van der Waals surface area (Å²) in [7, 11) is 3.34. The monoisotopic (exact) mass is 334 g/mol. The molecule has 19 heavy (non-hydrogen) atoms. The van der Waals surface area contributed by atoms with Crippen LogP contribution in [0.15, 0.2) is 10.5 Å². The van der Waals surface area contributed by atoms with Gasteiger partial charge in [-0.05, 0) is 47.9 Å². The zero-order valence-electron chi connectivity index (χ0n) is 10.9. The normalized spacial score (nSPS) is 23.9. The summed E-state index contributed by atoms with van der Waals surface area (Å²) in [6.45, 7) is 1.32. The third-order valence-corrected chi connectivity index (χ3v) is 4.26. The lowest BCUT2D eigenvalue weighted by Gasteiger charge is -2.23. The average Bonchev–Trinajstić information content (AvgIpc) is 2.74. The van der Waals surface area contributed by atoms with Gasteiger partial charge in [0.15, 0.2) is 11.6 Å². The highest BCUT2D eigenvalue weighted by molar-refractivity contribution is 9.10. The summed E-state index contributed by atoms with van der Waals surface area (Å²) in [6.07, 6.45) is 0.705. The predicted octanol–water partition coefficient (Wildman–Crippen LogP) is 2.69. The van der Waals surface area contributed by atoms with Gasteiger partial charge >= 0.3 is 0 Å². The average molecular weight is 335 g/mol. The molecular formula is C13H17BrF2N2O. The van der Waals surface area contributed by atoms with Crippen LogP contribution in [-0.4, -0.2) is 32.1 Å². The van der Waals surface area contributed by atoms with Gasteiger partial charge in [-0.2, -0.15) is 0 Å². The van der Waals surface area contributed by atoms with E-state index in [1.54, 1.807) is 0 Å². The van der Waals surface area contributed by atoms with E-state index in [2.05, 4.69) is 15.9 Å². The van der Waals surface area contributed by atoms with Gasteiger partial charge in [-0.3, -0.25) is 4.90 Å². The smallest absolute Gasteiger partial charge is 0.167 e. The number of nitrogens with two attached hydrogens (primary N) is 1. The summed E-state index contributed by atoms with van der Waals surface area (Å²) < 4.78 is 33.4. The molecule has 1 aromatic carbocycles. The number of methoxy groups -OCH3 is 1. The van der Waals surface area contributed by atoms with E-state index >= 15 is 0 Å². The number of benzene rings is 1. The van der Waals surface area contributed by atoms with E-state index < -0.39 is 11.6 Å². The lowest BCUT2D eigenvalue weighted by molar-refractivity contribution is 0.291. The second-order valence-electron chi connectivity index (χ2n) is 4.89. The highest BCUT2D eigenvalue weighted by Gasteiger charge is 2.35. The van der Waals surface area contributed by atoms with E-state index in [0.29, 0.717) is 29.1 Å². The summed E-state index contributed by atoms with van der Waals surface area (Å²) in [6, 6.07) is 0.878. The van der Waals surface area contributed by atoms with Crippen molar-refractivity contribution >= 4 is 15.9 Å². The minimum atomic E-state index is -0.868. The molecule has 0 saturated carbocycles. The zero-order valence-corrected chi connectivity index (χ0v) is 12.5. The maximum absolute atomic E-state index is 14.2. The van der Waals surface area contributed by atoms with E-state index in [-0.39, 0.29) is 11.6 Å². The number of likely N-dealkylation sites (tertiary alicyclic amines) is 1. The van der Waals surface area contributed by atoms with Crippen LogP contribution < -0.4 is 10.5 Å². The Labute approximate surface area is 119 Å². The van der Waals surface area contributed by atoms with Gasteiger partial charge in [-0.25, -0.2) is 8.78 Å². The Morgan fingerprint density at radius 3 is 2.74 bits per heavy atom. The van der Waals surface area contributed by atoms with Crippen LogP contribution in [0.4, 0.5) is 8.78 Å². The van der Waals surface area contributed by atoms with Crippen LogP contribution in [0.1, 0.15) is 18.0 Å². The molecule has 0 spiro atoms. The molecule has 106 valence electrons. The van der Waals surface area contributed by atoms with E-state index in [0.717, 1.165) is 12.6 Å². The third-order valence-electron chi connectivity index (χ3n) is 3.67. The van der Waals surface area contributed by atoms with Crippen molar-refractivity contribution in [3.05, 3.63) is 27.7 Å². The van der Waals surface area contributed by atoms with Crippen LogP contribution in [0, 0.1) is 17.6 Å². The van der Waals surface area contributed by atoms with Crippen LogP contribution in [0.25, 0.3) is 0 Å². The van der Waals surface area contributed by atoms with Crippen LogP contribution in [-0.2, 0) is 0 Å². The van der Waals surface area contributed by atoms with Crippen LogP contribution in [0.3, 0.4) is 0 Å². The SMILES string of the molecule is COc1c(Br)cc(F)c(F)c1C1CC(CN)CN1C. The predicted molar refractivity (Wildman–Crippen MR) is 73.1 cm³/mol. The Hall–Kier alpha value is -0.720. The molecule has 1 aliphatic heterocycles. The second-order valence-corrected chi connectivity index (χ2v) is 5.75. The van der Waals surface area contributed by atoms with Crippen molar-refractivity contribution < 1.29 is 13.5 Å². The first kappa shape index (κ1) is 14.7. The number of hydrogen-bond acceptors (Lipinski definition) is 3. The molecule has 2 atom stereocenters. The number of nitrogens with zero attached hydrogens (tertiary/aromatic N) is 1. The van der Waals surface area contributed by atoms with Gasteiger partial charge < -0.3 is 10.5 Å². The molecule has 1 heterocycles. The molecule has 1 aliphatic rings. The van der Waals surface area contributed by atoms with Crippen molar-refractivity contribution in [2.75, 3.05) is 27.2 Å². The summed E-state index contributed by atoms with van der Waals surface area (Å²) in [5.74, 6) is -1.06. The van der Waals surface area contributed by atoms with Gasteiger partial charge in [-0.1, -0.05) is 0 Å². The van der Waals surface area contributed by atoms with Crippen molar-refractivity contribution in [2.24, 2.45) is 11.7 Å². The molecule has 0 radical (unpaired) electrons. The fourth-order valence-corrected chi connectivity index (χ4v) is 3.29. The molecule has 2 N–H and O–H groups in total. The molecule has 2 unspecified atom stereocenters. The van der Waals surface area contributed by atoms with E-state index in [9.17, 15) is 8.78 Å². The maximum Gasteiger partial charge on any atom is 0.167 e. The van der Waals surface area contributed by atoms with Crippen LogP contribution in [0.2, 0.25) is 0 Å². The summed E-state index contributed by atoms with van der Waals surface area (Å²) in [5, 5.41) is 0. The van der Waals surface area contributed by atoms with Crippen molar-refractivity contribution in [3.8, 4) is 5.75 Å². The standard InChI is InChI=1S/C13H17BrF2N2O/c1-18-6-7(5-17)3-10(18)11-12(16)9(15)4-8(14)13(11)19-2/h4,7,10H,3,5-6,17H2,1-2H3. The molecular weight excluding hydrogens is 318 g/mol. The number of hydrogen-bond donors (Lipinski definition) is 1.